The number of alkyl carbamates (subject to hydrolysis) is 1. The molecular weight excluding hydrogens is 722 g/mol. The molecule has 15 nitrogen and oxygen atoms in total. The number of carbonyl (C=O) groups excluding carboxylic acids is 7. The first-order chi connectivity index (χ1) is 25.8. The van der Waals surface area contributed by atoms with Gasteiger partial charge in [-0.25, -0.2) is 9.59 Å². The van der Waals surface area contributed by atoms with E-state index in [1.165, 1.54) is 4.90 Å². The summed E-state index contributed by atoms with van der Waals surface area (Å²) in [4.78, 5) is 90.9. The molecule has 6 amide bonds. The number of nitrogens with zero attached hydrogens (tertiary/aromatic N) is 1. The normalized spacial score (nSPS) is 17.3. The topological polar surface area (TPSA) is 213 Å². The second-order valence-corrected chi connectivity index (χ2v) is 17.9. The molecule has 0 aliphatic carbocycles. The van der Waals surface area contributed by atoms with Crippen LogP contribution in [0, 0.1) is 39.9 Å². The molecule has 314 valence electrons. The molecule has 1 aromatic rings. The molecule has 1 aromatic carbocycles. The number of likely N-dealkylation sites (tertiary alicyclic amines) is 1. The fourth-order valence-corrected chi connectivity index (χ4v) is 6.48. The number of urea groups is 1. The third-order valence-electron chi connectivity index (χ3n) is 9.52. The van der Waals surface area contributed by atoms with E-state index in [9.17, 15) is 33.6 Å². The van der Waals surface area contributed by atoms with Gasteiger partial charge in [0, 0.05) is 24.6 Å². The lowest BCUT2D eigenvalue weighted by Gasteiger charge is -2.35. The number of esters is 1. The molecule has 56 heavy (non-hydrogen) atoms. The number of anilines is 1. The summed E-state index contributed by atoms with van der Waals surface area (Å²) in [7, 11) is 0. The van der Waals surface area contributed by atoms with Gasteiger partial charge in [0.25, 0.3) is 0 Å². The smallest absolute Gasteiger partial charge is 0.407 e. The summed E-state index contributed by atoms with van der Waals surface area (Å²) in [5, 5.41) is 7.92. The maximum atomic E-state index is 13.6. The van der Waals surface area contributed by atoms with Crippen molar-refractivity contribution in [2.24, 2.45) is 45.7 Å². The number of amides is 6. The maximum Gasteiger partial charge on any atom is 0.407 e. The quantitative estimate of drug-likeness (QED) is 0.0818. The van der Waals surface area contributed by atoms with Crippen molar-refractivity contribution in [3.05, 3.63) is 29.8 Å². The van der Waals surface area contributed by atoms with E-state index in [-0.39, 0.29) is 81.8 Å². The van der Waals surface area contributed by atoms with E-state index < -0.39 is 58.1 Å². The van der Waals surface area contributed by atoms with Crippen LogP contribution in [-0.4, -0.2) is 85.5 Å². The average molecular weight is 788 g/mol. The number of primary amides is 1. The van der Waals surface area contributed by atoms with Gasteiger partial charge in [-0.2, -0.15) is 0 Å². The van der Waals surface area contributed by atoms with Gasteiger partial charge in [0.15, 0.2) is 5.78 Å². The number of rotatable bonds is 19. The highest BCUT2D eigenvalue weighted by Gasteiger charge is 2.56. The lowest BCUT2D eigenvalue weighted by atomic mass is 9.65. The minimum absolute atomic E-state index is 0.0000389. The number of benzene rings is 1. The summed E-state index contributed by atoms with van der Waals surface area (Å²) in [6, 6.07) is 5.11. The number of hydrogen-bond donors (Lipinski definition) is 4. The molecule has 1 saturated heterocycles. The van der Waals surface area contributed by atoms with Gasteiger partial charge in [0.05, 0.1) is 43.1 Å². The Kier molecular flexibility index (Phi) is 17.5. The molecule has 15 heteroatoms. The molecule has 1 aliphatic heterocycles. The number of ether oxygens (including phenoxy) is 3. The predicted octanol–water partition coefficient (Wildman–Crippen LogP) is 5.20. The second kappa shape index (κ2) is 20.6. The van der Waals surface area contributed by atoms with Gasteiger partial charge in [0.2, 0.25) is 17.7 Å². The highest BCUT2D eigenvalue weighted by Crippen LogP contribution is 2.47. The lowest BCUT2D eigenvalue weighted by molar-refractivity contribution is -0.154. The zero-order chi connectivity index (χ0) is 42.6. The minimum atomic E-state index is -0.962. The molecule has 0 saturated carbocycles. The fraction of sp³-hybridized carbons (Fsp3) is 0.683. The van der Waals surface area contributed by atoms with E-state index in [4.69, 9.17) is 19.9 Å². The summed E-state index contributed by atoms with van der Waals surface area (Å²) in [5.74, 6) is -3.59. The van der Waals surface area contributed by atoms with E-state index >= 15 is 0 Å². The monoisotopic (exact) mass is 787 g/mol. The molecule has 0 bridgehead atoms. The Morgan fingerprint density at radius 3 is 1.89 bits per heavy atom. The minimum Gasteiger partial charge on any atom is -0.460 e. The average Bonchev–Trinajstić information content (AvgIpc) is 3.34. The van der Waals surface area contributed by atoms with Gasteiger partial charge in [-0.1, -0.05) is 67.5 Å². The number of ketones is 1. The molecule has 2 unspecified atom stereocenters. The molecule has 0 aromatic heterocycles. The summed E-state index contributed by atoms with van der Waals surface area (Å²) >= 11 is 0. The number of Topliss-reactive ketones (excluding diaryl/α,β-unsaturated/α-hetero) is 1. The van der Waals surface area contributed by atoms with Gasteiger partial charge >= 0.3 is 18.1 Å². The summed E-state index contributed by atoms with van der Waals surface area (Å²) in [6.45, 7) is 20.9. The van der Waals surface area contributed by atoms with Crippen LogP contribution >= 0.6 is 0 Å². The SMILES string of the molecule is CC(C)[C@H](NC(=O)OCCOCCN1C(=O)C(C(C)(C)C)C(C(C)(C)C)C1=O)C(=O)C[C@@H](CCCNC(N)=O)C(=O)Nc1ccc(COC(=O)C(C)(C)C)cc1. The molecule has 5 N–H and O–H groups in total. The van der Waals surface area contributed by atoms with Crippen molar-refractivity contribution < 1.29 is 47.8 Å². The van der Waals surface area contributed by atoms with Crippen molar-refractivity contribution in [1.82, 2.24) is 15.5 Å². The van der Waals surface area contributed by atoms with Crippen LogP contribution in [0.15, 0.2) is 24.3 Å². The predicted molar refractivity (Wildman–Crippen MR) is 211 cm³/mol. The summed E-state index contributed by atoms with van der Waals surface area (Å²) in [6.07, 6.45) is -0.433. The molecule has 1 aliphatic rings. The molecule has 0 spiro atoms. The first kappa shape index (κ1) is 47.6. The standard InChI is InChI=1S/C41H65N5O10/c1-25(2)32(45-38(53)55-22-21-54-20-19-46-34(49)30(39(3,4)5)31(35(46)50)40(6,7)8)29(47)23-27(13-12-18-43-37(42)52)33(48)44-28-16-14-26(15-17-28)24-56-36(51)41(9,10)11/h14-17,25,27,30-32H,12-13,18-24H2,1-11H3,(H,44,48)(H,45,53)(H3,42,43,52)/t27-,30?,31?,32+/m1/s1. The molecular formula is C41H65N5O10. The summed E-state index contributed by atoms with van der Waals surface area (Å²) in [5.41, 5.74) is 4.95. The number of hydrogen-bond acceptors (Lipinski definition) is 10. The van der Waals surface area contributed by atoms with Gasteiger partial charge in [-0.15, -0.1) is 0 Å². The molecule has 4 atom stereocenters. The molecule has 2 rings (SSSR count). The van der Waals surface area contributed by atoms with E-state index in [1.807, 2.05) is 41.5 Å². The first-order valence-corrected chi connectivity index (χ1v) is 19.3. The first-order valence-electron chi connectivity index (χ1n) is 19.3. The highest BCUT2D eigenvalue weighted by molar-refractivity contribution is 6.05. The van der Waals surface area contributed by atoms with Crippen LogP contribution in [0.3, 0.4) is 0 Å². The van der Waals surface area contributed by atoms with Gasteiger partial charge < -0.3 is 35.9 Å². The highest BCUT2D eigenvalue weighted by atomic mass is 16.6. The second-order valence-electron chi connectivity index (χ2n) is 17.9. The lowest BCUT2D eigenvalue weighted by Crippen LogP contribution is -2.46. The van der Waals surface area contributed by atoms with Crippen molar-refractivity contribution in [2.75, 3.05) is 38.2 Å². The van der Waals surface area contributed by atoms with Crippen molar-refractivity contribution in [1.29, 1.82) is 0 Å². The Balaban J connectivity index is 1.95. The number of carbonyl (C=O) groups is 7. The van der Waals surface area contributed by atoms with Gasteiger partial charge in [-0.3, -0.25) is 28.9 Å². The zero-order valence-corrected chi connectivity index (χ0v) is 35.2. The number of nitrogens with two attached hydrogens (primary N) is 1. The van der Waals surface area contributed by atoms with Crippen LogP contribution in [0.25, 0.3) is 0 Å². The summed E-state index contributed by atoms with van der Waals surface area (Å²) < 4.78 is 16.2. The molecule has 1 heterocycles. The van der Waals surface area contributed by atoms with Crippen LogP contribution in [-0.2, 0) is 44.8 Å². The fourth-order valence-electron chi connectivity index (χ4n) is 6.48. The Hall–Kier alpha value is -4.53. The van der Waals surface area contributed by atoms with Crippen LogP contribution in [0.2, 0.25) is 0 Å². The Morgan fingerprint density at radius 2 is 1.39 bits per heavy atom. The van der Waals surface area contributed by atoms with E-state index in [1.54, 1.807) is 58.9 Å². The van der Waals surface area contributed by atoms with Crippen LogP contribution < -0.4 is 21.7 Å². The van der Waals surface area contributed by atoms with E-state index in [2.05, 4.69) is 16.0 Å². The van der Waals surface area contributed by atoms with Gasteiger partial charge in [0.1, 0.15) is 13.2 Å². The third-order valence-corrected chi connectivity index (χ3v) is 9.52. The van der Waals surface area contributed by atoms with Crippen LogP contribution in [0.5, 0.6) is 0 Å². The molecule has 1 fully saturated rings. The Bertz CT molecular complexity index is 1510. The van der Waals surface area contributed by atoms with Crippen molar-refractivity contribution in [3.63, 3.8) is 0 Å². The van der Waals surface area contributed by atoms with E-state index in [0.29, 0.717) is 12.1 Å². The van der Waals surface area contributed by atoms with Crippen LogP contribution in [0.4, 0.5) is 15.3 Å². The third kappa shape index (κ3) is 14.8. The largest absolute Gasteiger partial charge is 0.460 e. The van der Waals surface area contributed by atoms with Crippen molar-refractivity contribution in [2.45, 2.75) is 108 Å². The van der Waals surface area contributed by atoms with E-state index in [0.717, 1.165) is 5.56 Å². The number of imide groups is 1. The van der Waals surface area contributed by atoms with Crippen molar-refractivity contribution >= 4 is 47.3 Å². The Morgan fingerprint density at radius 1 is 0.821 bits per heavy atom. The zero-order valence-electron chi connectivity index (χ0n) is 35.2. The van der Waals surface area contributed by atoms with Crippen molar-refractivity contribution in [3.8, 4) is 0 Å². The van der Waals surface area contributed by atoms with Crippen LogP contribution in [0.1, 0.15) is 101 Å². The van der Waals surface area contributed by atoms with Gasteiger partial charge in [-0.05, 0) is 68.1 Å². The number of nitrogens with one attached hydrogen (secondary N) is 3. The Labute approximate surface area is 331 Å². The molecule has 0 radical (unpaired) electrons. The maximum absolute atomic E-state index is 13.6.